The van der Waals surface area contributed by atoms with Crippen LogP contribution in [-0.4, -0.2) is 52.5 Å². The van der Waals surface area contributed by atoms with Gasteiger partial charge >= 0.3 is 11.9 Å². The highest BCUT2D eigenvalue weighted by Crippen LogP contribution is 1.78. The van der Waals surface area contributed by atoms with Crippen molar-refractivity contribution in [2.75, 3.05) is 7.05 Å². The third kappa shape index (κ3) is 36.0. The average molecular weight is 319 g/mol. The van der Waals surface area contributed by atoms with Gasteiger partial charge < -0.3 is 15.5 Å². The Kier molecular flexibility index (Phi) is 16.5. The van der Waals surface area contributed by atoms with Gasteiger partial charge in [-0.15, -0.1) is 0 Å². The molecule has 0 saturated heterocycles. The van der Waals surface area contributed by atoms with Crippen LogP contribution in [0.5, 0.6) is 0 Å². The van der Waals surface area contributed by atoms with Crippen molar-refractivity contribution < 1.29 is 39.0 Å². The summed E-state index contributed by atoms with van der Waals surface area (Å²) in [4.78, 5) is 59.4. The highest BCUT2D eigenvalue weighted by molar-refractivity contribution is 5.96. The van der Waals surface area contributed by atoms with Crippen molar-refractivity contribution in [2.24, 2.45) is 0 Å². The first-order chi connectivity index (χ1) is 9.92. The lowest BCUT2D eigenvalue weighted by Gasteiger charge is -1.91. The zero-order valence-electron chi connectivity index (χ0n) is 13.0. The maximum Gasteiger partial charge on any atom is 0.310 e. The molecule has 0 aromatic heterocycles. The standard InChI is InChI=1S/C5H9NO2.2C4H6O3/c1-4(7)3-5(8)6-2;2*1-3(5)2-4(6)7/h3H2,1-2H3,(H,6,8);2*2H2,1H3,(H,6,7). The van der Waals surface area contributed by atoms with Crippen molar-refractivity contribution in [3.63, 3.8) is 0 Å². The van der Waals surface area contributed by atoms with Gasteiger partial charge in [-0.05, 0) is 20.8 Å². The molecule has 9 nitrogen and oxygen atoms in total. The Morgan fingerprint density at radius 3 is 1.00 bits per heavy atom. The first kappa shape index (κ1) is 24.4. The number of ketones is 3. The molecule has 9 heteroatoms. The van der Waals surface area contributed by atoms with Gasteiger partial charge in [0, 0.05) is 7.05 Å². The maximum absolute atomic E-state index is 10.3. The quantitative estimate of drug-likeness (QED) is 0.569. The third-order valence-electron chi connectivity index (χ3n) is 1.49. The fourth-order valence-electron chi connectivity index (χ4n) is 0.740. The van der Waals surface area contributed by atoms with Gasteiger partial charge in [-0.3, -0.25) is 28.8 Å². The topological polar surface area (TPSA) is 155 Å². The third-order valence-corrected chi connectivity index (χ3v) is 1.49. The molecule has 0 unspecified atom stereocenters. The Balaban J connectivity index is -0.000000247. The lowest BCUT2D eigenvalue weighted by molar-refractivity contribution is -0.141. The number of Topliss-reactive ketones (excluding diaryl/α,β-unsaturated/α-hetero) is 3. The highest BCUT2D eigenvalue weighted by atomic mass is 16.4. The van der Waals surface area contributed by atoms with Crippen LogP contribution in [0.4, 0.5) is 0 Å². The molecule has 3 N–H and O–H groups in total. The van der Waals surface area contributed by atoms with Crippen LogP contribution in [0, 0.1) is 0 Å². The number of rotatable bonds is 6. The number of carboxylic acids is 2. The van der Waals surface area contributed by atoms with Gasteiger partial charge in [-0.1, -0.05) is 0 Å². The van der Waals surface area contributed by atoms with E-state index in [1.807, 2.05) is 0 Å². The average Bonchev–Trinajstić information content (AvgIpc) is 2.25. The molecule has 0 atom stereocenters. The molecular formula is C13H21NO8. The van der Waals surface area contributed by atoms with E-state index in [-0.39, 0.29) is 42.5 Å². The van der Waals surface area contributed by atoms with Crippen LogP contribution in [0.3, 0.4) is 0 Å². The molecule has 0 saturated carbocycles. The number of amides is 1. The zero-order chi connectivity index (χ0) is 18.3. The van der Waals surface area contributed by atoms with E-state index in [0.717, 1.165) is 0 Å². The monoisotopic (exact) mass is 319 g/mol. The van der Waals surface area contributed by atoms with Gasteiger partial charge in [0.1, 0.15) is 30.2 Å². The van der Waals surface area contributed by atoms with Crippen LogP contribution in [-0.2, 0) is 28.8 Å². The second-order valence-corrected chi connectivity index (χ2v) is 4.10. The number of carboxylic acid groups (broad SMARTS) is 2. The number of nitrogens with one attached hydrogen (secondary N) is 1. The lowest BCUT2D eigenvalue weighted by Crippen LogP contribution is -2.19. The number of carbonyl (C=O) groups is 6. The first-order valence-corrected chi connectivity index (χ1v) is 6.04. The molecule has 0 aromatic rings. The molecule has 0 aliphatic carbocycles. The molecule has 126 valence electrons. The molecule has 0 aliphatic heterocycles. The lowest BCUT2D eigenvalue weighted by atomic mass is 10.3. The Hall–Kier alpha value is -2.58. The molecule has 22 heavy (non-hydrogen) atoms. The molecule has 0 aliphatic rings. The summed E-state index contributed by atoms with van der Waals surface area (Å²) in [6.45, 7) is 3.87. The predicted octanol–water partition coefficient (Wildman–Crippen LogP) is -0.188. The summed E-state index contributed by atoms with van der Waals surface area (Å²) in [6.07, 6.45) is -0.726. The van der Waals surface area contributed by atoms with Crippen molar-refractivity contribution in [1.82, 2.24) is 5.32 Å². The molecule has 0 heterocycles. The molecule has 0 radical (unpaired) electrons. The largest absolute Gasteiger partial charge is 0.481 e. The minimum absolute atomic E-state index is 0.00347. The predicted molar refractivity (Wildman–Crippen MR) is 75.2 cm³/mol. The molecule has 0 bridgehead atoms. The van der Waals surface area contributed by atoms with Crippen molar-refractivity contribution in [3.8, 4) is 0 Å². The maximum atomic E-state index is 10.3. The van der Waals surface area contributed by atoms with Gasteiger partial charge in [0.2, 0.25) is 5.91 Å². The van der Waals surface area contributed by atoms with Gasteiger partial charge in [-0.25, -0.2) is 0 Å². The molecule has 0 aromatic carbocycles. The van der Waals surface area contributed by atoms with Crippen LogP contribution >= 0.6 is 0 Å². The Morgan fingerprint density at radius 1 is 0.682 bits per heavy atom. The SMILES string of the molecule is CC(=O)CC(=O)O.CC(=O)CC(=O)O.CNC(=O)CC(C)=O. The van der Waals surface area contributed by atoms with Gasteiger partial charge in [0.05, 0.1) is 6.42 Å². The second kappa shape index (κ2) is 14.8. The first-order valence-electron chi connectivity index (χ1n) is 6.04. The number of aliphatic carboxylic acids is 2. The summed E-state index contributed by atoms with van der Waals surface area (Å²) in [5.41, 5.74) is 0. The zero-order valence-corrected chi connectivity index (χ0v) is 13.0. The van der Waals surface area contributed by atoms with E-state index in [0.29, 0.717) is 0 Å². The summed E-state index contributed by atoms with van der Waals surface area (Å²) in [5.74, 6) is -3.08. The fraction of sp³-hybridized carbons (Fsp3) is 0.538. The van der Waals surface area contributed by atoms with Crippen molar-refractivity contribution >= 4 is 35.2 Å². The van der Waals surface area contributed by atoms with Gasteiger partial charge in [0.15, 0.2) is 0 Å². The molecule has 0 rings (SSSR count). The Bertz CT molecular complexity index is 378. The minimum Gasteiger partial charge on any atom is -0.481 e. The van der Waals surface area contributed by atoms with Crippen molar-refractivity contribution in [1.29, 1.82) is 0 Å². The second-order valence-electron chi connectivity index (χ2n) is 4.10. The van der Waals surface area contributed by atoms with Crippen LogP contribution in [0.2, 0.25) is 0 Å². The van der Waals surface area contributed by atoms with Crippen LogP contribution in [0.1, 0.15) is 40.0 Å². The van der Waals surface area contributed by atoms with Crippen LogP contribution in [0.25, 0.3) is 0 Å². The van der Waals surface area contributed by atoms with Crippen molar-refractivity contribution in [3.05, 3.63) is 0 Å². The summed E-state index contributed by atoms with van der Waals surface area (Å²) in [7, 11) is 1.51. The van der Waals surface area contributed by atoms with Crippen LogP contribution < -0.4 is 5.32 Å². The number of hydrogen-bond acceptors (Lipinski definition) is 6. The molecular weight excluding hydrogens is 298 g/mol. The Labute approximate surface area is 127 Å². The van der Waals surface area contributed by atoms with E-state index in [1.165, 1.54) is 27.8 Å². The van der Waals surface area contributed by atoms with Crippen LogP contribution in [0.15, 0.2) is 0 Å². The van der Waals surface area contributed by atoms with E-state index in [1.54, 1.807) is 0 Å². The fourth-order valence-corrected chi connectivity index (χ4v) is 0.740. The Morgan fingerprint density at radius 2 is 0.955 bits per heavy atom. The van der Waals surface area contributed by atoms with Gasteiger partial charge in [-0.2, -0.15) is 0 Å². The summed E-state index contributed by atoms with van der Waals surface area (Å²) in [6, 6.07) is 0. The normalized spacial score (nSPS) is 8.18. The van der Waals surface area contributed by atoms with E-state index in [2.05, 4.69) is 5.32 Å². The highest BCUT2D eigenvalue weighted by Gasteiger charge is 1.99. The molecule has 1 amide bonds. The molecule has 0 spiro atoms. The van der Waals surface area contributed by atoms with E-state index < -0.39 is 11.9 Å². The summed E-state index contributed by atoms with van der Waals surface area (Å²) in [5, 5.41) is 18.1. The summed E-state index contributed by atoms with van der Waals surface area (Å²) < 4.78 is 0. The minimum atomic E-state index is -1.06. The smallest absolute Gasteiger partial charge is 0.310 e. The summed E-state index contributed by atoms with van der Waals surface area (Å²) >= 11 is 0. The number of hydrogen-bond donors (Lipinski definition) is 3. The van der Waals surface area contributed by atoms with E-state index >= 15 is 0 Å². The van der Waals surface area contributed by atoms with E-state index in [9.17, 15) is 28.8 Å². The van der Waals surface area contributed by atoms with Crippen molar-refractivity contribution in [2.45, 2.75) is 40.0 Å². The molecule has 0 fully saturated rings. The number of carbonyl (C=O) groups excluding carboxylic acids is 4. The van der Waals surface area contributed by atoms with E-state index in [4.69, 9.17) is 10.2 Å². The van der Waals surface area contributed by atoms with Gasteiger partial charge in [0.25, 0.3) is 0 Å².